The van der Waals surface area contributed by atoms with Gasteiger partial charge in [0.2, 0.25) is 17.8 Å². The average molecular weight is 1170 g/mol. The van der Waals surface area contributed by atoms with Crippen molar-refractivity contribution in [1.29, 1.82) is 0 Å². The molecule has 0 radical (unpaired) electrons. The highest BCUT2D eigenvalue weighted by Gasteiger charge is 2.47. The molecule has 7 rings (SSSR count). The molecule has 1 aromatic heterocycles. The van der Waals surface area contributed by atoms with Crippen molar-refractivity contribution in [3.8, 4) is 0 Å². The molecule has 3 nitrogen and oxygen atoms in total. The number of nitrogens with zero attached hydrogens (tertiary/aromatic N) is 1. The van der Waals surface area contributed by atoms with Gasteiger partial charge in [0.05, 0.1) is 44.5 Å². The van der Waals surface area contributed by atoms with Gasteiger partial charge >= 0.3 is 49.4 Å². The van der Waals surface area contributed by atoms with Crippen LogP contribution >= 0.6 is 0 Å². The molecule has 29 heteroatoms. The highest BCUT2D eigenvalue weighted by atomic mass is 32.2. The number of Topliss-reactive ketones (excluding diaryl/α,β-unsaturated/α-hetero) is 1. The maximum atomic E-state index is 14.2. The van der Waals surface area contributed by atoms with Gasteiger partial charge in [-0.25, -0.2) is 0 Å². The third kappa shape index (κ3) is 13.9. The van der Waals surface area contributed by atoms with Crippen molar-refractivity contribution in [2.24, 2.45) is 0 Å². The van der Waals surface area contributed by atoms with Crippen LogP contribution in [0.15, 0.2) is 145 Å². The van der Waals surface area contributed by atoms with E-state index >= 15 is 0 Å². The summed E-state index contributed by atoms with van der Waals surface area (Å²) in [4.78, 5) is 13.2. The van der Waals surface area contributed by atoms with Crippen molar-refractivity contribution in [2.75, 3.05) is 6.26 Å². The third-order valence-corrected chi connectivity index (χ3v) is 13.0. The number of rotatable bonds is 8. The number of pyridine rings is 1. The standard InChI is InChI=1S/C32H12BF24.C18H16NO2S/c34-25(35,36)13-1-14(26(37,38)39)6-21(5-13)33(22-7-15(27(40,41)42)2-16(8-22)28(43,44)45,23-9-17(29(46,47)48)3-18(10-23)30(49,50)51)24-11-19(31(52,53)54)4-20(12-24)32(55,56)57;1-22(21)16-10-8-15(9-11-16)18(20)13-19-12-4-6-14-5-2-3-7-17(14)19/h1-12H;2-12H,13H2,1H3/q-1;+1. The first-order valence-electron chi connectivity index (χ1n) is 21.6. The lowest BCUT2D eigenvalue weighted by atomic mass is 9.12. The summed E-state index contributed by atoms with van der Waals surface area (Å²) in [7, 11) is -1.02. The summed E-state index contributed by atoms with van der Waals surface area (Å²) in [6.07, 6.45) is -51.3. The fourth-order valence-corrected chi connectivity index (χ4v) is 9.03. The maximum Gasteiger partial charge on any atom is 0.416 e. The molecule has 0 bridgehead atoms. The number of para-hydroxylation sites is 1. The van der Waals surface area contributed by atoms with Crippen LogP contribution in [0.5, 0.6) is 0 Å². The quantitative estimate of drug-likeness (QED) is 0.0658. The van der Waals surface area contributed by atoms with E-state index < -0.39 is 206 Å². The van der Waals surface area contributed by atoms with Gasteiger partial charge in [-0.2, -0.15) is 132 Å². The molecule has 0 aliphatic heterocycles. The van der Waals surface area contributed by atoms with Gasteiger partial charge in [0.25, 0.3) is 0 Å². The zero-order chi connectivity index (χ0) is 59.4. The fraction of sp³-hybridized carbons (Fsp3) is 0.200. The minimum absolute atomic E-state index is 0.0368. The summed E-state index contributed by atoms with van der Waals surface area (Å²) in [5, 5.41) is 1.11. The van der Waals surface area contributed by atoms with Crippen molar-refractivity contribution < 1.29 is 119 Å². The van der Waals surface area contributed by atoms with E-state index in [1.807, 2.05) is 47.2 Å². The van der Waals surface area contributed by atoms with Crippen LogP contribution in [0.4, 0.5) is 105 Å². The van der Waals surface area contributed by atoms with Crippen molar-refractivity contribution >= 4 is 55.5 Å². The number of hydrogen-bond donors (Lipinski definition) is 0. The lowest BCUT2D eigenvalue weighted by molar-refractivity contribution is -0.657. The Hall–Kier alpha value is -7.07. The van der Waals surface area contributed by atoms with Crippen LogP contribution in [-0.4, -0.2) is 22.4 Å². The third-order valence-electron chi connectivity index (χ3n) is 12.1. The molecule has 0 amide bonds. The molecule has 1 heterocycles. The number of halogens is 24. The van der Waals surface area contributed by atoms with E-state index in [1.54, 1.807) is 30.5 Å². The fourth-order valence-electron chi connectivity index (χ4n) is 8.51. The monoisotopic (exact) mass is 1170 g/mol. The molecule has 7 aromatic rings. The Morgan fingerprint density at radius 1 is 0.392 bits per heavy atom. The second-order valence-corrected chi connectivity index (χ2v) is 18.7. The smallest absolute Gasteiger partial charge is 0.287 e. The summed E-state index contributed by atoms with van der Waals surface area (Å²) >= 11 is 0. The van der Waals surface area contributed by atoms with Gasteiger partial charge in [0.1, 0.15) is 6.15 Å². The predicted molar refractivity (Wildman–Crippen MR) is 237 cm³/mol. The SMILES string of the molecule is CS(=O)c1ccc(C(=O)C[n+]2cccc3ccccc32)cc1.FC(F)(F)c1cc([B-](c2cc(C(F)(F)F)cc(C(F)(F)F)c2)(c2cc(C(F)(F)F)cc(C(F)(F)F)c2)c2cc(C(F)(F)F)cc(C(F)(F)F)c2)cc(C(F)(F)F)c1. The highest BCUT2D eigenvalue weighted by molar-refractivity contribution is 7.84. The predicted octanol–water partition coefficient (Wildman–Crippen LogP) is 14.0. The Kier molecular flexibility index (Phi) is 16.4. The van der Waals surface area contributed by atoms with E-state index in [9.17, 15) is 114 Å². The second kappa shape index (κ2) is 21.2. The number of fused-ring (bicyclic) bond motifs is 1. The van der Waals surface area contributed by atoms with Crippen molar-refractivity contribution in [3.63, 3.8) is 0 Å². The van der Waals surface area contributed by atoms with E-state index in [2.05, 4.69) is 0 Å². The van der Waals surface area contributed by atoms with Gasteiger partial charge in [0.15, 0.2) is 6.20 Å². The molecule has 1 unspecified atom stereocenters. The topological polar surface area (TPSA) is 38.0 Å². The molecule has 0 spiro atoms. The second-order valence-electron chi connectivity index (χ2n) is 17.3. The van der Waals surface area contributed by atoms with E-state index in [1.165, 1.54) is 0 Å². The summed E-state index contributed by atoms with van der Waals surface area (Å²) < 4.78 is 354. The number of carbonyl (C=O) groups is 1. The molecule has 422 valence electrons. The Bertz CT molecular complexity index is 2980. The molecule has 79 heavy (non-hydrogen) atoms. The van der Waals surface area contributed by atoms with Crippen LogP contribution in [0.1, 0.15) is 54.9 Å². The van der Waals surface area contributed by atoms with Gasteiger partial charge in [-0.3, -0.25) is 9.00 Å². The minimum Gasteiger partial charge on any atom is -0.287 e. The van der Waals surface area contributed by atoms with E-state index in [0.29, 0.717) is 5.56 Å². The average Bonchev–Trinajstić information content (AvgIpc) is 3.54. The van der Waals surface area contributed by atoms with Crippen molar-refractivity contribution in [3.05, 3.63) is 190 Å². The Morgan fingerprint density at radius 3 is 0.924 bits per heavy atom. The first-order valence-corrected chi connectivity index (χ1v) is 23.2. The zero-order valence-electron chi connectivity index (χ0n) is 38.8. The van der Waals surface area contributed by atoms with Crippen LogP contribution in [0, 0.1) is 0 Å². The van der Waals surface area contributed by atoms with Crippen LogP contribution in [0.3, 0.4) is 0 Å². The molecule has 1 atom stereocenters. The number of benzene rings is 6. The molecule has 0 fully saturated rings. The van der Waals surface area contributed by atoms with Crippen molar-refractivity contribution in [2.45, 2.75) is 60.9 Å². The maximum absolute atomic E-state index is 14.2. The largest absolute Gasteiger partial charge is 0.416 e. The lowest BCUT2D eigenvalue weighted by Gasteiger charge is -2.46. The minimum atomic E-state index is -6.13. The molecule has 6 aromatic carbocycles. The highest BCUT2D eigenvalue weighted by Crippen LogP contribution is 2.41. The zero-order valence-corrected chi connectivity index (χ0v) is 39.6. The molecule has 0 aliphatic rings. The number of alkyl halides is 24. The first kappa shape index (κ1) is 61.2. The molecule has 0 saturated carbocycles. The molecule has 0 aliphatic carbocycles. The normalized spacial score (nSPS) is 13.7. The van der Waals surface area contributed by atoms with Gasteiger partial charge < -0.3 is 0 Å². The Labute approximate surface area is 430 Å². The Balaban J connectivity index is 0.000000378. The molecular weight excluding hydrogens is 1150 g/mol. The van der Waals surface area contributed by atoms with E-state index in [0.717, 1.165) is 15.8 Å². The first-order chi connectivity index (χ1) is 35.9. The van der Waals surface area contributed by atoms with Crippen LogP contribution in [0.25, 0.3) is 10.9 Å². The number of carbonyl (C=O) groups excluding carboxylic acids is 1. The van der Waals surface area contributed by atoms with E-state index in [-0.39, 0.29) is 12.3 Å². The number of ketones is 1. The van der Waals surface area contributed by atoms with Crippen LogP contribution in [0.2, 0.25) is 0 Å². The summed E-state index contributed by atoms with van der Waals surface area (Å²) in [5.41, 5.74) is -28.5. The van der Waals surface area contributed by atoms with Crippen LogP contribution in [-0.2, 0) is 66.8 Å². The van der Waals surface area contributed by atoms with Crippen LogP contribution < -0.4 is 26.4 Å². The lowest BCUT2D eigenvalue weighted by Crippen LogP contribution is -2.75. The van der Waals surface area contributed by atoms with E-state index in [4.69, 9.17) is 0 Å². The number of hydrogen-bond acceptors (Lipinski definition) is 2. The Morgan fingerprint density at radius 2 is 0.658 bits per heavy atom. The van der Waals surface area contributed by atoms with Gasteiger partial charge in [0, 0.05) is 45.0 Å². The van der Waals surface area contributed by atoms with Gasteiger partial charge in [-0.1, -0.05) is 60.7 Å². The summed E-state index contributed by atoms with van der Waals surface area (Å²) in [6, 6.07) is 10.1. The van der Waals surface area contributed by atoms with Gasteiger partial charge in [-0.05, 0) is 60.7 Å². The van der Waals surface area contributed by atoms with Crippen molar-refractivity contribution in [1.82, 2.24) is 0 Å². The van der Waals surface area contributed by atoms with Gasteiger partial charge in [-0.15, -0.1) is 0 Å². The number of aromatic nitrogens is 1. The molecule has 0 N–H and O–H groups in total. The molecular formula is C50H28BF24NO2S. The summed E-state index contributed by atoms with van der Waals surface area (Å²) in [5.74, 6) is 0.0368. The molecule has 0 saturated heterocycles. The summed E-state index contributed by atoms with van der Waals surface area (Å²) in [6.45, 7) is 0.288.